The number of carbonyl (C=O) groups is 2. The van der Waals surface area contributed by atoms with Gasteiger partial charge in [0.25, 0.3) is 5.91 Å². The van der Waals surface area contributed by atoms with E-state index in [0.717, 1.165) is 24.3 Å². The lowest BCUT2D eigenvalue weighted by Gasteiger charge is -2.21. The van der Waals surface area contributed by atoms with E-state index in [1.807, 2.05) is 33.2 Å². The lowest BCUT2D eigenvalue weighted by molar-refractivity contribution is -0.129. The third kappa shape index (κ3) is 7.75. The van der Waals surface area contributed by atoms with Crippen molar-refractivity contribution >= 4 is 12.0 Å². The van der Waals surface area contributed by atoms with Gasteiger partial charge in [-0.25, -0.2) is 4.79 Å². The summed E-state index contributed by atoms with van der Waals surface area (Å²) in [5.74, 6) is -0.236. The monoisotopic (exact) mass is 348 g/mol. The Hall–Kier alpha value is -2.49. The van der Waals surface area contributed by atoms with Gasteiger partial charge in [0, 0.05) is 20.6 Å². The van der Waals surface area contributed by atoms with Gasteiger partial charge < -0.3 is 15.0 Å². The Balaban J connectivity index is 2.39. The first-order chi connectivity index (χ1) is 11.8. The van der Waals surface area contributed by atoms with Crippen molar-refractivity contribution in [2.45, 2.75) is 39.2 Å². The molecule has 1 heterocycles. The molecule has 0 saturated heterocycles. The first kappa shape index (κ1) is 20.6. The minimum absolute atomic E-state index is 0.199. The molecule has 2 amide bonds. The second kappa shape index (κ2) is 10.4. The average molecular weight is 348 g/mol. The maximum Gasteiger partial charge on any atom is 0.407 e. The van der Waals surface area contributed by atoms with Crippen molar-refractivity contribution < 1.29 is 14.3 Å². The summed E-state index contributed by atoms with van der Waals surface area (Å²) in [5.41, 5.74) is 1.29. The van der Waals surface area contributed by atoms with Crippen LogP contribution in [-0.2, 0) is 9.53 Å². The van der Waals surface area contributed by atoms with E-state index in [-0.39, 0.29) is 12.5 Å². The molecule has 0 bridgehead atoms. The number of likely N-dealkylation sites (N-methyl/N-ethyl adjacent to an activating group) is 2. The van der Waals surface area contributed by atoms with Crippen LogP contribution >= 0.6 is 0 Å². The van der Waals surface area contributed by atoms with Crippen molar-refractivity contribution in [3.63, 3.8) is 0 Å². The Morgan fingerprint density at radius 2 is 2.20 bits per heavy atom. The molecule has 0 spiro atoms. The molecule has 0 aromatic rings. The number of ether oxygens (including phenoxy) is 1. The Morgan fingerprint density at radius 1 is 1.48 bits per heavy atom. The van der Waals surface area contributed by atoms with Crippen molar-refractivity contribution in [2.75, 3.05) is 27.2 Å². The number of hydrogen-bond donors (Lipinski definition) is 1. The Morgan fingerprint density at radius 3 is 2.80 bits per heavy atom. The van der Waals surface area contributed by atoms with Crippen molar-refractivity contribution in [2.24, 2.45) is 5.92 Å². The third-order valence-corrected chi connectivity index (χ3v) is 3.78. The summed E-state index contributed by atoms with van der Waals surface area (Å²) in [6, 6.07) is -0.753. The quantitative estimate of drug-likeness (QED) is 0.413. The number of allylic oxidation sites excluding steroid dienone is 2. The van der Waals surface area contributed by atoms with Gasteiger partial charge in [-0.2, -0.15) is 5.26 Å². The highest BCUT2D eigenvalue weighted by Gasteiger charge is 2.25. The lowest BCUT2D eigenvalue weighted by atomic mass is 10.0. The molecule has 1 N–H and O–H groups in total. The summed E-state index contributed by atoms with van der Waals surface area (Å²) >= 11 is 0. The molecule has 0 saturated carbocycles. The fourth-order valence-electron chi connectivity index (χ4n) is 2.54. The Kier molecular flexibility index (Phi) is 8.54. The van der Waals surface area contributed by atoms with E-state index in [9.17, 15) is 9.59 Å². The van der Waals surface area contributed by atoms with Gasteiger partial charge in [-0.3, -0.25) is 9.69 Å². The van der Waals surface area contributed by atoms with Crippen molar-refractivity contribution in [3.05, 3.63) is 23.9 Å². The number of carbonyl (C=O) groups excluding carboxylic acids is 2. The number of alkyl carbamates (subject to hydrolysis) is 1. The zero-order valence-electron chi connectivity index (χ0n) is 15.5. The summed E-state index contributed by atoms with van der Waals surface area (Å²) in [6.45, 7) is 5.06. The van der Waals surface area contributed by atoms with Crippen LogP contribution < -0.4 is 5.32 Å². The van der Waals surface area contributed by atoms with Crippen LogP contribution in [0.1, 0.15) is 33.1 Å². The normalized spacial score (nSPS) is 14.6. The van der Waals surface area contributed by atoms with Gasteiger partial charge in [0.1, 0.15) is 6.04 Å². The van der Waals surface area contributed by atoms with Crippen molar-refractivity contribution in [3.8, 4) is 6.19 Å². The topological polar surface area (TPSA) is 85.7 Å². The van der Waals surface area contributed by atoms with E-state index in [1.54, 1.807) is 6.19 Å². The molecule has 1 aliphatic heterocycles. The fraction of sp³-hybridized carbons (Fsp3) is 0.611. The first-order valence-electron chi connectivity index (χ1n) is 8.50. The minimum atomic E-state index is -0.753. The van der Waals surface area contributed by atoms with Gasteiger partial charge in [0.15, 0.2) is 6.19 Å². The molecule has 138 valence electrons. The highest BCUT2D eigenvalue weighted by atomic mass is 16.5. The number of nitrogens with one attached hydrogen (secondary N) is 1. The van der Waals surface area contributed by atoms with Crippen LogP contribution in [0.15, 0.2) is 23.9 Å². The van der Waals surface area contributed by atoms with Gasteiger partial charge in [0.05, 0.1) is 6.61 Å². The Labute approximate surface area is 149 Å². The fourth-order valence-corrected chi connectivity index (χ4v) is 2.54. The zero-order chi connectivity index (χ0) is 18.8. The molecule has 1 aliphatic rings. The number of hydrogen-bond acceptors (Lipinski definition) is 5. The van der Waals surface area contributed by atoms with E-state index in [2.05, 4.69) is 16.3 Å². The first-order valence-corrected chi connectivity index (χ1v) is 8.50. The van der Waals surface area contributed by atoms with Crippen LogP contribution in [0.4, 0.5) is 4.79 Å². The molecular formula is C18H28N4O3. The van der Waals surface area contributed by atoms with Crippen LogP contribution in [0, 0.1) is 17.4 Å². The molecule has 1 unspecified atom stereocenters. The lowest BCUT2D eigenvalue weighted by Crippen LogP contribution is -2.47. The largest absolute Gasteiger partial charge is 0.450 e. The van der Waals surface area contributed by atoms with Gasteiger partial charge in [-0.15, -0.1) is 0 Å². The third-order valence-electron chi connectivity index (χ3n) is 3.78. The van der Waals surface area contributed by atoms with E-state index in [1.165, 1.54) is 12.6 Å². The predicted octanol–water partition coefficient (Wildman–Crippen LogP) is 2.23. The number of nitrogens with zero attached hydrogens (tertiary/aromatic N) is 3. The predicted molar refractivity (Wildman–Crippen MR) is 95.2 cm³/mol. The SMILES string of the molecule is CC(C)CC(NC(=O)OCCCC1=CC=CN(C)C1)C(=O)N(C)C#N. The maximum atomic E-state index is 12.1. The van der Waals surface area contributed by atoms with Crippen molar-refractivity contribution in [1.29, 1.82) is 5.26 Å². The second-order valence-electron chi connectivity index (χ2n) is 6.64. The molecule has 7 nitrogen and oxygen atoms in total. The molecule has 1 atom stereocenters. The van der Waals surface area contributed by atoms with E-state index < -0.39 is 18.0 Å². The van der Waals surface area contributed by atoms with Gasteiger partial charge in [-0.1, -0.05) is 25.5 Å². The van der Waals surface area contributed by atoms with Gasteiger partial charge >= 0.3 is 6.09 Å². The number of nitriles is 1. The summed E-state index contributed by atoms with van der Waals surface area (Å²) in [5, 5.41) is 11.4. The van der Waals surface area contributed by atoms with Crippen LogP contribution in [0.5, 0.6) is 0 Å². The molecule has 0 aromatic carbocycles. The van der Waals surface area contributed by atoms with E-state index >= 15 is 0 Å². The maximum absolute atomic E-state index is 12.1. The number of rotatable bonds is 8. The van der Waals surface area contributed by atoms with E-state index in [4.69, 9.17) is 10.00 Å². The minimum Gasteiger partial charge on any atom is -0.450 e. The molecule has 1 rings (SSSR count). The van der Waals surface area contributed by atoms with E-state index in [0.29, 0.717) is 6.42 Å². The van der Waals surface area contributed by atoms with Crippen LogP contribution in [0.3, 0.4) is 0 Å². The standard InChI is InChI=1S/C18H28N4O3/c1-14(2)11-16(17(23)22(4)13-19)20-18(24)25-10-6-8-15-7-5-9-21(3)12-15/h5,7,9,14,16H,6,8,10-12H2,1-4H3,(H,20,24). The van der Waals surface area contributed by atoms with Crippen LogP contribution in [0.2, 0.25) is 0 Å². The van der Waals surface area contributed by atoms with Crippen molar-refractivity contribution in [1.82, 2.24) is 15.1 Å². The van der Waals surface area contributed by atoms with Gasteiger partial charge in [0.2, 0.25) is 0 Å². The number of amides is 2. The molecule has 0 aliphatic carbocycles. The molecule has 25 heavy (non-hydrogen) atoms. The highest BCUT2D eigenvalue weighted by Crippen LogP contribution is 2.12. The molecule has 0 aromatic heterocycles. The zero-order valence-corrected chi connectivity index (χ0v) is 15.5. The second-order valence-corrected chi connectivity index (χ2v) is 6.64. The molecule has 0 fully saturated rings. The highest BCUT2D eigenvalue weighted by molar-refractivity contribution is 5.86. The average Bonchev–Trinajstić information content (AvgIpc) is 2.56. The summed E-state index contributed by atoms with van der Waals surface area (Å²) < 4.78 is 5.17. The molecule has 0 radical (unpaired) electrons. The smallest absolute Gasteiger partial charge is 0.407 e. The summed E-state index contributed by atoms with van der Waals surface area (Å²) in [7, 11) is 3.39. The summed E-state index contributed by atoms with van der Waals surface area (Å²) in [6.07, 6.45) is 9.25. The van der Waals surface area contributed by atoms with Crippen LogP contribution in [0.25, 0.3) is 0 Å². The summed E-state index contributed by atoms with van der Waals surface area (Å²) in [4.78, 5) is 27.1. The molecule has 7 heteroatoms. The van der Waals surface area contributed by atoms with Gasteiger partial charge in [-0.05, 0) is 37.5 Å². The van der Waals surface area contributed by atoms with Crippen LogP contribution in [-0.4, -0.2) is 55.1 Å². The Bertz CT molecular complexity index is 563. The molecular weight excluding hydrogens is 320 g/mol.